The zero-order valence-corrected chi connectivity index (χ0v) is 12.7. The second kappa shape index (κ2) is 5.87. The number of fused-ring (bicyclic) bond motifs is 1. The minimum atomic E-state index is -0.0617. The molecule has 2 heteroatoms. The van der Waals surface area contributed by atoms with Gasteiger partial charge < -0.3 is 10.5 Å². The number of hydrogen-bond acceptors (Lipinski definition) is 2. The first-order valence-corrected chi connectivity index (χ1v) is 8.24. The van der Waals surface area contributed by atoms with Crippen LogP contribution in [0, 0.1) is 0 Å². The summed E-state index contributed by atoms with van der Waals surface area (Å²) < 4.78 is 6.09. The summed E-state index contributed by atoms with van der Waals surface area (Å²) in [6.07, 6.45) is 9.55. The Morgan fingerprint density at radius 2 is 1.90 bits per heavy atom. The smallest absolute Gasteiger partial charge is 0.0835 e. The highest BCUT2D eigenvalue weighted by atomic mass is 16.5. The lowest BCUT2D eigenvalue weighted by atomic mass is 9.87. The SMILES string of the molecule is CCOC1(C(N)Cc2ccc3c(c2)CCC3)CCCC1. The summed E-state index contributed by atoms with van der Waals surface area (Å²) in [6, 6.07) is 7.10. The minimum absolute atomic E-state index is 0.0617. The van der Waals surface area contributed by atoms with Gasteiger partial charge in [0.25, 0.3) is 0 Å². The number of benzene rings is 1. The molecule has 0 bridgehead atoms. The van der Waals surface area contributed by atoms with E-state index in [9.17, 15) is 0 Å². The molecule has 2 aliphatic carbocycles. The Kier molecular flexibility index (Phi) is 4.13. The van der Waals surface area contributed by atoms with Gasteiger partial charge in [0.05, 0.1) is 5.60 Å². The molecule has 1 unspecified atom stereocenters. The Morgan fingerprint density at radius 3 is 2.65 bits per heavy atom. The third kappa shape index (κ3) is 2.64. The van der Waals surface area contributed by atoms with Crippen LogP contribution in [0.5, 0.6) is 0 Å². The first-order valence-electron chi connectivity index (χ1n) is 8.24. The summed E-state index contributed by atoms with van der Waals surface area (Å²) >= 11 is 0. The van der Waals surface area contributed by atoms with E-state index in [4.69, 9.17) is 10.5 Å². The third-order valence-corrected chi connectivity index (χ3v) is 5.18. The maximum absolute atomic E-state index is 6.55. The highest BCUT2D eigenvalue weighted by Gasteiger charge is 2.40. The van der Waals surface area contributed by atoms with Crippen LogP contribution in [0.3, 0.4) is 0 Å². The van der Waals surface area contributed by atoms with Crippen molar-refractivity contribution in [2.24, 2.45) is 5.73 Å². The predicted molar refractivity (Wildman–Crippen MR) is 83.0 cm³/mol. The fourth-order valence-corrected chi connectivity index (χ4v) is 4.08. The van der Waals surface area contributed by atoms with Crippen LogP contribution < -0.4 is 5.73 Å². The zero-order valence-electron chi connectivity index (χ0n) is 12.7. The molecule has 1 aromatic carbocycles. The van der Waals surface area contributed by atoms with Gasteiger partial charge in [-0.15, -0.1) is 0 Å². The van der Waals surface area contributed by atoms with Crippen LogP contribution in [0.15, 0.2) is 18.2 Å². The standard InChI is InChI=1S/C18H27NO/c1-2-20-18(10-3-4-11-18)17(19)13-14-8-9-15-6-5-7-16(15)12-14/h8-9,12,17H,2-7,10-11,13,19H2,1H3. The van der Waals surface area contributed by atoms with E-state index in [1.807, 2.05) is 0 Å². The van der Waals surface area contributed by atoms with Gasteiger partial charge in [-0.1, -0.05) is 31.0 Å². The van der Waals surface area contributed by atoms with Crippen molar-refractivity contribution in [1.29, 1.82) is 0 Å². The van der Waals surface area contributed by atoms with Crippen molar-refractivity contribution in [3.8, 4) is 0 Å². The van der Waals surface area contributed by atoms with Gasteiger partial charge in [0, 0.05) is 12.6 Å². The Balaban J connectivity index is 1.73. The monoisotopic (exact) mass is 273 g/mol. The Bertz CT molecular complexity index is 462. The molecule has 1 atom stereocenters. The number of hydrogen-bond donors (Lipinski definition) is 1. The number of rotatable bonds is 5. The van der Waals surface area contributed by atoms with Crippen molar-refractivity contribution in [2.75, 3.05) is 6.61 Å². The third-order valence-electron chi connectivity index (χ3n) is 5.18. The molecule has 1 fully saturated rings. The number of nitrogens with two attached hydrogens (primary N) is 1. The summed E-state index contributed by atoms with van der Waals surface area (Å²) in [6.45, 7) is 2.86. The van der Waals surface area contributed by atoms with Crippen LogP contribution in [-0.2, 0) is 24.0 Å². The van der Waals surface area contributed by atoms with Crippen molar-refractivity contribution < 1.29 is 4.74 Å². The molecule has 0 amide bonds. The molecule has 110 valence electrons. The van der Waals surface area contributed by atoms with Crippen molar-refractivity contribution >= 4 is 0 Å². The van der Waals surface area contributed by atoms with Crippen LogP contribution in [0.1, 0.15) is 55.7 Å². The summed E-state index contributed by atoms with van der Waals surface area (Å²) in [5, 5.41) is 0. The van der Waals surface area contributed by atoms with Crippen molar-refractivity contribution in [2.45, 2.75) is 69.9 Å². The van der Waals surface area contributed by atoms with Crippen LogP contribution in [0.4, 0.5) is 0 Å². The molecule has 0 aromatic heterocycles. The Hall–Kier alpha value is -0.860. The van der Waals surface area contributed by atoms with E-state index in [0.29, 0.717) is 0 Å². The molecule has 1 saturated carbocycles. The van der Waals surface area contributed by atoms with Gasteiger partial charge in [0.15, 0.2) is 0 Å². The summed E-state index contributed by atoms with van der Waals surface area (Å²) in [5.74, 6) is 0. The maximum Gasteiger partial charge on any atom is 0.0835 e. The first-order chi connectivity index (χ1) is 9.73. The van der Waals surface area contributed by atoms with Gasteiger partial charge in [-0.05, 0) is 62.1 Å². The van der Waals surface area contributed by atoms with Gasteiger partial charge in [-0.3, -0.25) is 0 Å². The second-order valence-corrected chi connectivity index (χ2v) is 6.47. The van der Waals surface area contributed by atoms with Gasteiger partial charge in [0.2, 0.25) is 0 Å². The largest absolute Gasteiger partial charge is 0.374 e. The van der Waals surface area contributed by atoms with Crippen LogP contribution in [0.2, 0.25) is 0 Å². The van der Waals surface area contributed by atoms with Gasteiger partial charge >= 0.3 is 0 Å². The summed E-state index contributed by atoms with van der Waals surface area (Å²) in [7, 11) is 0. The lowest BCUT2D eigenvalue weighted by Crippen LogP contribution is -2.49. The van der Waals surface area contributed by atoms with E-state index in [1.165, 1.54) is 37.7 Å². The molecule has 3 rings (SSSR count). The lowest BCUT2D eigenvalue weighted by Gasteiger charge is -2.35. The normalized spacial score (nSPS) is 21.9. The molecule has 1 aromatic rings. The van der Waals surface area contributed by atoms with E-state index in [0.717, 1.165) is 25.9 Å². The van der Waals surface area contributed by atoms with Gasteiger partial charge in [-0.25, -0.2) is 0 Å². The maximum atomic E-state index is 6.55. The van der Waals surface area contributed by atoms with Crippen LogP contribution >= 0.6 is 0 Å². The first kappa shape index (κ1) is 14.1. The summed E-state index contributed by atoms with van der Waals surface area (Å²) in [5.41, 5.74) is 11.0. The molecule has 20 heavy (non-hydrogen) atoms. The molecule has 0 aliphatic heterocycles. The highest BCUT2D eigenvalue weighted by Crippen LogP contribution is 2.36. The molecular formula is C18H27NO. The van der Waals surface area contributed by atoms with E-state index in [-0.39, 0.29) is 11.6 Å². The predicted octanol–water partition coefficient (Wildman–Crippen LogP) is 3.39. The van der Waals surface area contributed by atoms with Gasteiger partial charge in [-0.2, -0.15) is 0 Å². The number of aryl methyl sites for hydroxylation is 2. The zero-order chi connectivity index (χ0) is 14.0. The molecule has 0 radical (unpaired) electrons. The molecule has 0 spiro atoms. The molecule has 2 N–H and O–H groups in total. The quantitative estimate of drug-likeness (QED) is 0.892. The highest BCUT2D eigenvalue weighted by molar-refractivity contribution is 5.35. The fraction of sp³-hybridized carbons (Fsp3) is 0.667. The van der Waals surface area contributed by atoms with Crippen LogP contribution in [-0.4, -0.2) is 18.2 Å². The Morgan fingerprint density at radius 1 is 1.15 bits per heavy atom. The van der Waals surface area contributed by atoms with E-state index in [2.05, 4.69) is 25.1 Å². The van der Waals surface area contributed by atoms with Crippen molar-refractivity contribution in [1.82, 2.24) is 0 Å². The average Bonchev–Trinajstić information content (AvgIpc) is 3.08. The van der Waals surface area contributed by atoms with Crippen LogP contribution in [0.25, 0.3) is 0 Å². The Labute approximate surface area is 122 Å². The van der Waals surface area contributed by atoms with Gasteiger partial charge in [0.1, 0.15) is 0 Å². The van der Waals surface area contributed by atoms with Crippen molar-refractivity contribution in [3.63, 3.8) is 0 Å². The van der Waals surface area contributed by atoms with Crippen molar-refractivity contribution in [3.05, 3.63) is 34.9 Å². The van der Waals surface area contributed by atoms with E-state index < -0.39 is 0 Å². The average molecular weight is 273 g/mol. The molecule has 2 aliphatic rings. The minimum Gasteiger partial charge on any atom is -0.374 e. The molecule has 2 nitrogen and oxygen atoms in total. The molecular weight excluding hydrogens is 246 g/mol. The second-order valence-electron chi connectivity index (χ2n) is 6.47. The molecule has 0 heterocycles. The fourth-order valence-electron chi connectivity index (χ4n) is 4.08. The van der Waals surface area contributed by atoms with E-state index >= 15 is 0 Å². The van der Waals surface area contributed by atoms with E-state index in [1.54, 1.807) is 11.1 Å². The lowest BCUT2D eigenvalue weighted by molar-refractivity contribution is -0.0525. The number of ether oxygens (including phenoxy) is 1. The molecule has 0 saturated heterocycles. The summed E-state index contributed by atoms with van der Waals surface area (Å²) in [4.78, 5) is 0. The topological polar surface area (TPSA) is 35.2 Å².